The lowest BCUT2D eigenvalue weighted by molar-refractivity contribution is -0.188. The predicted octanol–water partition coefficient (Wildman–Crippen LogP) is 3.60. The highest BCUT2D eigenvalue weighted by atomic mass is 16.7. The van der Waals surface area contributed by atoms with Gasteiger partial charge in [-0.3, -0.25) is 14.4 Å². The second kappa shape index (κ2) is 8.63. The predicted molar refractivity (Wildman–Crippen MR) is 117 cm³/mol. The van der Waals surface area contributed by atoms with Crippen LogP contribution in [0.25, 0.3) is 0 Å². The minimum absolute atomic E-state index is 0.124. The second-order valence-corrected chi connectivity index (χ2v) is 11.3. The monoisotopic (exact) mass is 462 g/mol. The molecular weight excluding hydrogens is 424 g/mol. The number of carboxylic acid groups (broad SMARTS) is 1. The number of cyclic esters (lactones) is 2. The van der Waals surface area contributed by atoms with Gasteiger partial charge in [-0.25, -0.2) is 0 Å². The number of fused-ring (bicyclic) bond motifs is 4. The fourth-order valence-electron chi connectivity index (χ4n) is 9.28. The van der Waals surface area contributed by atoms with E-state index in [0.717, 1.165) is 25.7 Å². The summed E-state index contributed by atoms with van der Waals surface area (Å²) in [5.41, 5.74) is 0. The molecule has 4 saturated carbocycles. The van der Waals surface area contributed by atoms with Crippen molar-refractivity contribution in [1.82, 2.24) is 0 Å². The summed E-state index contributed by atoms with van der Waals surface area (Å²) in [4.78, 5) is 37.0. The van der Waals surface area contributed by atoms with Gasteiger partial charge in [-0.2, -0.15) is 0 Å². The first-order chi connectivity index (χ1) is 15.8. The highest BCUT2D eigenvalue weighted by Gasteiger charge is 2.66. The van der Waals surface area contributed by atoms with Crippen LogP contribution in [0.2, 0.25) is 0 Å². The van der Waals surface area contributed by atoms with Crippen molar-refractivity contribution in [3.8, 4) is 0 Å². The molecule has 12 unspecified atom stereocenters. The smallest absolute Gasteiger partial charge is 0.317 e. The number of hydrogen-bond donors (Lipinski definition) is 1. The number of rotatable bonds is 8. The molecule has 5 rings (SSSR count). The largest absolute Gasteiger partial charge is 0.481 e. The molecule has 1 saturated heterocycles. The van der Waals surface area contributed by atoms with Gasteiger partial charge in [-0.15, -0.1) is 0 Å². The summed E-state index contributed by atoms with van der Waals surface area (Å²) >= 11 is 0. The Morgan fingerprint density at radius 3 is 2.12 bits per heavy atom. The van der Waals surface area contributed by atoms with Crippen molar-refractivity contribution in [1.29, 1.82) is 0 Å². The van der Waals surface area contributed by atoms with Crippen LogP contribution >= 0.6 is 0 Å². The molecule has 33 heavy (non-hydrogen) atoms. The molecule has 4 bridgehead atoms. The number of carbonyl (C=O) groups is 3. The Hall–Kier alpha value is -1.47. The molecule has 7 heteroatoms. The summed E-state index contributed by atoms with van der Waals surface area (Å²) in [5.74, 6) is 0.236. The van der Waals surface area contributed by atoms with Crippen LogP contribution in [0.5, 0.6) is 0 Å². The second-order valence-electron chi connectivity index (χ2n) is 11.3. The SMILES string of the molecule is CCOC(OCC)C1CC2CC1C(C1C3CC(C(=O)O)C(C3)C1C)C2C1C(=O)OC(=O)C1C. The van der Waals surface area contributed by atoms with Crippen molar-refractivity contribution in [3.05, 3.63) is 0 Å². The van der Waals surface area contributed by atoms with Gasteiger partial charge < -0.3 is 19.3 Å². The maximum absolute atomic E-state index is 12.9. The number of carboxylic acids is 1. The van der Waals surface area contributed by atoms with E-state index in [0.29, 0.717) is 42.8 Å². The zero-order valence-corrected chi connectivity index (χ0v) is 20.1. The molecule has 0 radical (unpaired) electrons. The van der Waals surface area contributed by atoms with Crippen LogP contribution in [-0.2, 0) is 28.6 Å². The van der Waals surface area contributed by atoms with Gasteiger partial charge >= 0.3 is 17.9 Å². The van der Waals surface area contributed by atoms with E-state index in [-0.39, 0.29) is 47.8 Å². The zero-order chi connectivity index (χ0) is 23.6. The molecule has 0 aromatic heterocycles. The van der Waals surface area contributed by atoms with Crippen LogP contribution in [-0.4, -0.2) is 42.5 Å². The van der Waals surface area contributed by atoms with Crippen LogP contribution in [0.1, 0.15) is 53.4 Å². The fourth-order valence-corrected chi connectivity index (χ4v) is 9.28. The Morgan fingerprint density at radius 1 is 0.939 bits per heavy atom. The lowest BCUT2D eigenvalue weighted by Gasteiger charge is -2.47. The molecule has 12 atom stereocenters. The maximum Gasteiger partial charge on any atom is 0.317 e. The quantitative estimate of drug-likeness (QED) is 0.334. The van der Waals surface area contributed by atoms with Crippen molar-refractivity contribution in [2.45, 2.75) is 59.7 Å². The molecule has 7 nitrogen and oxygen atoms in total. The first-order valence-corrected chi connectivity index (χ1v) is 13.0. The van der Waals surface area contributed by atoms with Gasteiger partial charge in [0.1, 0.15) is 0 Å². The third kappa shape index (κ3) is 3.48. The van der Waals surface area contributed by atoms with Crippen LogP contribution in [0.3, 0.4) is 0 Å². The average molecular weight is 463 g/mol. The van der Waals surface area contributed by atoms with E-state index in [1.807, 2.05) is 20.8 Å². The highest BCUT2D eigenvalue weighted by Crippen LogP contribution is 2.68. The Kier molecular flexibility index (Phi) is 6.09. The van der Waals surface area contributed by atoms with E-state index in [4.69, 9.17) is 14.2 Å². The molecule has 0 aromatic carbocycles. The van der Waals surface area contributed by atoms with E-state index >= 15 is 0 Å². The molecule has 1 aliphatic heterocycles. The lowest BCUT2D eigenvalue weighted by Crippen LogP contribution is -2.47. The van der Waals surface area contributed by atoms with Gasteiger partial charge in [0.05, 0.1) is 17.8 Å². The summed E-state index contributed by atoms with van der Waals surface area (Å²) in [6.07, 6.45) is 3.45. The maximum atomic E-state index is 12.9. The molecule has 1 N–H and O–H groups in total. The number of aliphatic carboxylic acids is 1. The molecule has 4 aliphatic carbocycles. The zero-order valence-electron chi connectivity index (χ0n) is 20.1. The van der Waals surface area contributed by atoms with Crippen LogP contribution in [0.4, 0.5) is 0 Å². The van der Waals surface area contributed by atoms with Gasteiger partial charge in [0.25, 0.3) is 0 Å². The first kappa shape index (κ1) is 23.3. The third-order valence-corrected chi connectivity index (χ3v) is 10.2. The molecule has 0 amide bonds. The van der Waals surface area contributed by atoms with Gasteiger partial charge in [0.2, 0.25) is 0 Å². The molecular formula is C26H38O7. The average Bonchev–Trinajstić information content (AvgIpc) is 3.55. The number of hydrogen-bond acceptors (Lipinski definition) is 6. The van der Waals surface area contributed by atoms with Crippen LogP contribution in [0.15, 0.2) is 0 Å². The summed E-state index contributed by atoms with van der Waals surface area (Å²) in [7, 11) is 0. The molecule has 184 valence electrons. The summed E-state index contributed by atoms with van der Waals surface area (Å²) < 4.78 is 17.2. The number of esters is 2. The normalized spacial score (nSPS) is 48.3. The summed E-state index contributed by atoms with van der Waals surface area (Å²) in [6.45, 7) is 9.24. The van der Waals surface area contributed by atoms with Gasteiger partial charge in [-0.05, 0) is 86.9 Å². The summed E-state index contributed by atoms with van der Waals surface area (Å²) in [5, 5.41) is 9.73. The van der Waals surface area contributed by atoms with Crippen molar-refractivity contribution in [2.75, 3.05) is 13.2 Å². The van der Waals surface area contributed by atoms with E-state index in [1.54, 1.807) is 0 Å². The Balaban J connectivity index is 1.48. The highest BCUT2D eigenvalue weighted by molar-refractivity contribution is 5.96. The van der Waals surface area contributed by atoms with Crippen LogP contribution in [0, 0.1) is 71.0 Å². The topological polar surface area (TPSA) is 99.1 Å². The van der Waals surface area contributed by atoms with Gasteiger partial charge in [0.15, 0.2) is 6.29 Å². The Labute approximate surface area is 195 Å². The van der Waals surface area contributed by atoms with Crippen molar-refractivity contribution >= 4 is 17.9 Å². The molecule has 0 aromatic rings. The number of carbonyl (C=O) groups excluding carboxylic acids is 2. The minimum atomic E-state index is -0.665. The standard InChI is InChI=1S/C26H38O7/c1-5-31-26(32-6-2)18-10-14-8-16(18)22(21(14)20-12(4)24(29)33-25(20)30)19-11(3)15-7-13(19)9-17(15)23(27)28/h11-22,26H,5-10H2,1-4H3,(H,27,28). The third-order valence-electron chi connectivity index (χ3n) is 10.2. The van der Waals surface area contributed by atoms with Gasteiger partial charge in [0, 0.05) is 19.1 Å². The van der Waals surface area contributed by atoms with E-state index in [2.05, 4.69) is 6.92 Å². The minimum Gasteiger partial charge on any atom is -0.481 e. The van der Waals surface area contributed by atoms with Crippen molar-refractivity contribution < 1.29 is 33.7 Å². The lowest BCUT2D eigenvalue weighted by atomic mass is 9.57. The number of ether oxygens (including phenoxy) is 3. The van der Waals surface area contributed by atoms with Crippen molar-refractivity contribution in [3.63, 3.8) is 0 Å². The van der Waals surface area contributed by atoms with Crippen LogP contribution < -0.4 is 0 Å². The first-order valence-electron chi connectivity index (χ1n) is 13.0. The Bertz CT molecular complexity index is 802. The van der Waals surface area contributed by atoms with E-state index < -0.39 is 17.9 Å². The van der Waals surface area contributed by atoms with E-state index in [1.165, 1.54) is 0 Å². The summed E-state index contributed by atoms with van der Waals surface area (Å²) in [6, 6.07) is 0. The fraction of sp³-hybridized carbons (Fsp3) is 0.885. The molecule has 1 heterocycles. The molecule has 5 fully saturated rings. The Morgan fingerprint density at radius 2 is 1.58 bits per heavy atom. The van der Waals surface area contributed by atoms with E-state index in [9.17, 15) is 19.5 Å². The van der Waals surface area contributed by atoms with Crippen molar-refractivity contribution in [2.24, 2.45) is 71.0 Å². The van der Waals surface area contributed by atoms with Gasteiger partial charge in [-0.1, -0.05) is 13.8 Å². The molecule has 5 aliphatic rings. The molecule has 0 spiro atoms.